The maximum Gasteiger partial charge on any atom is 0.307 e. The molecule has 0 bridgehead atoms. The van der Waals surface area contributed by atoms with Crippen molar-refractivity contribution in [2.24, 2.45) is 0 Å². The topological polar surface area (TPSA) is 123 Å². The van der Waals surface area contributed by atoms with Crippen LogP contribution >= 0.6 is 0 Å². The van der Waals surface area contributed by atoms with Crippen molar-refractivity contribution in [3.8, 4) is 11.5 Å². The summed E-state index contributed by atoms with van der Waals surface area (Å²) in [6.45, 7) is 8.70. The van der Waals surface area contributed by atoms with Crippen molar-refractivity contribution in [3.05, 3.63) is 49.1 Å². The highest BCUT2D eigenvalue weighted by molar-refractivity contribution is 5.87. The predicted octanol–water partition coefficient (Wildman–Crippen LogP) is 2.21. The SMILES string of the molecule is C=CC(=O)NCCCCOCOc1cc(CC(=O)O)ccc1OCCCCNC(=O)C=C. The number of carbonyl (C=O) groups is 3. The molecule has 176 valence electrons. The molecule has 0 aromatic heterocycles. The molecule has 9 heteroatoms. The molecule has 0 heterocycles. The van der Waals surface area contributed by atoms with Gasteiger partial charge in [-0.3, -0.25) is 14.4 Å². The fourth-order valence-electron chi connectivity index (χ4n) is 2.54. The van der Waals surface area contributed by atoms with Crippen LogP contribution in [-0.2, 0) is 25.5 Å². The maximum absolute atomic E-state index is 11.1. The van der Waals surface area contributed by atoms with Crippen molar-refractivity contribution in [2.45, 2.75) is 32.1 Å². The van der Waals surface area contributed by atoms with Gasteiger partial charge < -0.3 is 30.0 Å². The highest BCUT2D eigenvalue weighted by Crippen LogP contribution is 2.29. The lowest BCUT2D eigenvalue weighted by Gasteiger charge is -2.14. The van der Waals surface area contributed by atoms with E-state index in [1.165, 1.54) is 12.2 Å². The maximum atomic E-state index is 11.1. The lowest BCUT2D eigenvalue weighted by Crippen LogP contribution is -2.22. The number of carboxylic acid groups (broad SMARTS) is 1. The molecular weight excluding hydrogens is 416 g/mol. The van der Waals surface area contributed by atoms with E-state index in [0.717, 1.165) is 19.3 Å². The average Bonchev–Trinajstić information content (AvgIpc) is 2.78. The van der Waals surface area contributed by atoms with E-state index in [4.69, 9.17) is 19.3 Å². The van der Waals surface area contributed by atoms with E-state index >= 15 is 0 Å². The Morgan fingerprint density at radius 3 is 2.09 bits per heavy atom. The minimum atomic E-state index is -0.939. The van der Waals surface area contributed by atoms with Crippen molar-refractivity contribution in [1.29, 1.82) is 0 Å². The van der Waals surface area contributed by atoms with Gasteiger partial charge in [-0.2, -0.15) is 0 Å². The van der Waals surface area contributed by atoms with Gasteiger partial charge >= 0.3 is 5.97 Å². The first kappa shape index (κ1) is 26.7. The quantitative estimate of drug-likeness (QED) is 0.179. The number of carbonyl (C=O) groups excluding carboxylic acids is 2. The monoisotopic (exact) mass is 448 g/mol. The first-order chi connectivity index (χ1) is 15.5. The normalized spacial score (nSPS) is 10.1. The van der Waals surface area contributed by atoms with Crippen LogP contribution in [0.15, 0.2) is 43.5 Å². The first-order valence-electron chi connectivity index (χ1n) is 10.4. The third-order valence-electron chi connectivity index (χ3n) is 4.17. The van der Waals surface area contributed by atoms with E-state index in [9.17, 15) is 14.4 Å². The number of ether oxygens (including phenoxy) is 3. The van der Waals surface area contributed by atoms with Gasteiger partial charge in [0.25, 0.3) is 0 Å². The number of aliphatic carboxylic acids is 1. The van der Waals surface area contributed by atoms with E-state index in [-0.39, 0.29) is 25.0 Å². The van der Waals surface area contributed by atoms with Crippen LogP contribution in [0.5, 0.6) is 11.5 Å². The molecule has 9 nitrogen and oxygen atoms in total. The van der Waals surface area contributed by atoms with Gasteiger partial charge in [0.2, 0.25) is 11.8 Å². The molecule has 0 aliphatic rings. The number of rotatable bonds is 18. The van der Waals surface area contributed by atoms with Crippen LogP contribution in [0.3, 0.4) is 0 Å². The molecule has 0 fully saturated rings. The largest absolute Gasteiger partial charge is 0.490 e. The van der Waals surface area contributed by atoms with Gasteiger partial charge in [-0.1, -0.05) is 19.2 Å². The summed E-state index contributed by atoms with van der Waals surface area (Å²) in [4.78, 5) is 33.1. The van der Waals surface area contributed by atoms with Crippen LogP contribution in [0.1, 0.15) is 31.2 Å². The second-order valence-electron chi connectivity index (χ2n) is 6.78. The molecule has 2 amide bonds. The Bertz CT molecular complexity index is 765. The van der Waals surface area contributed by atoms with Crippen LogP contribution in [0, 0.1) is 0 Å². The Hall–Kier alpha value is -3.33. The van der Waals surface area contributed by atoms with Crippen LogP contribution < -0.4 is 20.1 Å². The highest BCUT2D eigenvalue weighted by Gasteiger charge is 2.10. The third kappa shape index (κ3) is 12.4. The lowest BCUT2D eigenvalue weighted by molar-refractivity contribution is -0.136. The van der Waals surface area contributed by atoms with E-state index in [1.807, 2.05) is 0 Å². The van der Waals surface area contributed by atoms with Gasteiger partial charge in [0, 0.05) is 13.1 Å². The molecular formula is C23H32N2O7. The summed E-state index contributed by atoms with van der Waals surface area (Å²) in [7, 11) is 0. The molecule has 0 aliphatic carbocycles. The summed E-state index contributed by atoms with van der Waals surface area (Å²) in [6, 6.07) is 4.98. The second kappa shape index (κ2) is 16.4. The Kier molecular flexibility index (Phi) is 13.7. The summed E-state index contributed by atoms with van der Waals surface area (Å²) < 4.78 is 16.9. The molecule has 3 N–H and O–H groups in total. The second-order valence-corrected chi connectivity index (χ2v) is 6.78. The smallest absolute Gasteiger partial charge is 0.307 e. The van der Waals surface area contributed by atoms with Crippen LogP contribution in [0.4, 0.5) is 0 Å². The fraction of sp³-hybridized carbons (Fsp3) is 0.435. The zero-order valence-corrected chi connectivity index (χ0v) is 18.3. The predicted molar refractivity (Wildman–Crippen MR) is 120 cm³/mol. The Morgan fingerprint density at radius 1 is 0.875 bits per heavy atom. The Balaban J connectivity index is 2.43. The number of hydrogen-bond acceptors (Lipinski definition) is 6. The number of nitrogens with one attached hydrogen (secondary N) is 2. The summed E-state index contributed by atoms with van der Waals surface area (Å²) in [5.74, 6) is -0.459. The molecule has 0 saturated carbocycles. The van der Waals surface area contributed by atoms with Gasteiger partial charge in [-0.05, 0) is 55.5 Å². The van der Waals surface area contributed by atoms with Crippen molar-refractivity contribution < 1.29 is 33.7 Å². The van der Waals surface area contributed by atoms with Gasteiger partial charge in [-0.25, -0.2) is 0 Å². The molecule has 0 atom stereocenters. The standard InChI is InChI=1S/C23H32N2O7/c1-3-21(26)24-11-5-7-13-30-17-32-20-15-18(16-23(28)29)9-10-19(20)31-14-8-6-12-25-22(27)4-2/h3-4,9-10,15H,1-2,5-8,11-14,16-17H2,(H,24,26)(H,25,27)(H,28,29). The summed E-state index contributed by atoms with van der Waals surface area (Å²) in [5, 5.41) is 14.4. The van der Waals surface area contributed by atoms with Crippen LogP contribution in [0.2, 0.25) is 0 Å². The van der Waals surface area contributed by atoms with Crippen molar-refractivity contribution in [3.63, 3.8) is 0 Å². The highest BCUT2D eigenvalue weighted by atomic mass is 16.7. The molecule has 1 rings (SSSR count). The molecule has 0 aliphatic heterocycles. The number of hydrogen-bond donors (Lipinski definition) is 3. The molecule has 32 heavy (non-hydrogen) atoms. The number of amides is 2. The zero-order valence-electron chi connectivity index (χ0n) is 18.3. The van der Waals surface area contributed by atoms with E-state index in [2.05, 4.69) is 23.8 Å². The minimum absolute atomic E-state index is 0.0144. The molecule has 0 saturated heterocycles. The van der Waals surface area contributed by atoms with Crippen molar-refractivity contribution in [1.82, 2.24) is 10.6 Å². The summed E-state index contributed by atoms with van der Waals surface area (Å²) >= 11 is 0. The molecule has 0 spiro atoms. The van der Waals surface area contributed by atoms with Gasteiger partial charge in [-0.15, -0.1) is 0 Å². The van der Waals surface area contributed by atoms with Gasteiger partial charge in [0.15, 0.2) is 18.3 Å². The third-order valence-corrected chi connectivity index (χ3v) is 4.17. The lowest BCUT2D eigenvalue weighted by atomic mass is 10.1. The average molecular weight is 449 g/mol. The molecule has 1 aromatic carbocycles. The van der Waals surface area contributed by atoms with Crippen LogP contribution in [-0.4, -0.2) is 56.0 Å². The molecule has 0 unspecified atom stereocenters. The Labute approximate surface area is 188 Å². The van der Waals surface area contributed by atoms with E-state index < -0.39 is 5.97 Å². The first-order valence-corrected chi connectivity index (χ1v) is 10.4. The van der Waals surface area contributed by atoms with E-state index in [1.54, 1.807) is 18.2 Å². The van der Waals surface area contributed by atoms with Gasteiger partial charge in [0.05, 0.1) is 19.6 Å². The molecule has 1 aromatic rings. The number of benzene rings is 1. The number of carboxylic acids is 1. The molecule has 0 radical (unpaired) electrons. The minimum Gasteiger partial charge on any atom is -0.490 e. The fourth-order valence-corrected chi connectivity index (χ4v) is 2.54. The van der Waals surface area contributed by atoms with Crippen LogP contribution in [0.25, 0.3) is 0 Å². The zero-order chi connectivity index (χ0) is 23.6. The van der Waals surface area contributed by atoms with E-state index in [0.29, 0.717) is 49.8 Å². The van der Waals surface area contributed by atoms with Gasteiger partial charge in [0.1, 0.15) is 0 Å². The number of unbranched alkanes of at least 4 members (excludes halogenated alkanes) is 2. The van der Waals surface area contributed by atoms with Crippen molar-refractivity contribution >= 4 is 17.8 Å². The summed E-state index contributed by atoms with van der Waals surface area (Å²) in [5.41, 5.74) is 0.588. The summed E-state index contributed by atoms with van der Waals surface area (Å²) in [6.07, 6.45) is 5.28. The van der Waals surface area contributed by atoms with Crippen molar-refractivity contribution in [2.75, 3.05) is 33.1 Å². The Morgan fingerprint density at radius 2 is 1.50 bits per heavy atom.